The van der Waals surface area contributed by atoms with Crippen molar-refractivity contribution in [3.8, 4) is 5.75 Å². The second-order valence-electron chi connectivity index (χ2n) is 2.64. The van der Waals surface area contributed by atoms with Crippen LogP contribution in [0.1, 0.15) is 0 Å². The molecule has 0 amide bonds. The average Bonchev–Trinajstić information content (AvgIpc) is 2.15. The van der Waals surface area contributed by atoms with Crippen LogP contribution in [-0.4, -0.2) is 12.5 Å². The lowest BCUT2D eigenvalue weighted by molar-refractivity contribution is 0.357. The average molecular weight is 560 g/mol. The largest absolute Gasteiger partial charge is 0.487 e. The van der Waals surface area contributed by atoms with E-state index in [0.717, 1.165) is 12.9 Å². The zero-order chi connectivity index (χ0) is 11.3. The van der Waals surface area contributed by atoms with Gasteiger partial charge in [0.25, 0.3) is 0 Å². The highest BCUT2D eigenvalue weighted by molar-refractivity contribution is 14.1. The molecule has 15 heavy (non-hydrogen) atoms. The van der Waals surface area contributed by atoms with Gasteiger partial charge in [-0.05, 0) is 79.9 Å². The van der Waals surface area contributed by atoms with E-state index >= 15 is 0 Å². The van der Waals surface area contributed by atoms with Crippen molar-refractivity contribution in [2.75, 3.05) is 12.5 Å². The Hall–Kier alpha value is 1.24. The van der Waals surface area contributed by atoms with E-state index in [1.807, 2.05) is 12.2 Å². The third-order valence-electron chi connectivity index (χ3n) is 1.54. The first-order valence-corrected chi connectivity index (χ1v) is 7.90. The van der Waals surface area contributed by atoms with Crippen LogP contribution < -0.4 is 4.74 Å². The molecular formula is C10H8ClI3O. The summed E-state index contributed by atoms with van der Waals surface area (Å²) in [5.74, 6) is 1.49. The number of rotatable bonds is 4. The van der Waals surface area contributed by atoms with E-state index in [-0.39, 0.29) is 0 Å². The molecule has 0 atom stereocenters. The summed E-state index contributed by atoms with van der Waals surface area (Å²) in [5, 5.41) is 0. The topological polar surface area (TPSA) is 9.23 Å². The fourth-order valence-electron chi connectivity index (χ4n) is 0.929. The molecule has 0 spiro atoms. The first-order chi connectivity index (χ1) is 7.15. The summed E-state index contributed by atoms with van der Waals surface area (Å²) in [6, 6.07) is 4.20. The minimum Gasteiger partial charge on any atom is -0.487 e. The molecule has 0 radical (unpaired) electrons. The summed E-state index contributed by atoms with van der Waals surface area (Å²) < 4.78 is 9.17. The van der Waals surface area contributed by atoms with Gasteiger partial charge in [0.15, 0.2) is 0 Å². The highest BCUT2D eigenvalue weighted by atomic mass is 127. The van der Waals surface area contributed by atoms with E-state index in [9.17, 15) is 0 Å². The van der Waals surface area contributed by atoms with Gasteiger partial charge in [-0.2, -0.15) is 0 Å². The minimum absolute atomic E-state index is 0.532. The maximum atomic E-state index is 5.66. The lowest BCUT2D eigenvalue weighted by Gasteiger charge is -2.08. The molecule has 0 unspecified atom stereocenters. The van der Waals surface area contributed by atoms with Gasteiger partial charge >= 0.3 is 0 Å². The molecule has 0 bridgehead atoms. The maximum absolute atomic E-state index is 5.66. The molecule has 82 valence electrons. The molecule has 0 saturated heterocycles. The van der Waals surface area contributed by atoms with Crippen LogP contribution >= 0.6 is 79.4 Å². The fourth-order valence-corrected chi connectivity index (χ4v) is 4.95. The van der Waals surface area contributed by atoms with Crippen LogP contribution in [0, 0.1) is 10.7 Å². The molecule has 0 aliphatic heterocycles. The highest BCUT2D eigenvalue weighted by Gasteiger charge is 2.06. The SMILES string of the molecule is ClCC=CCOc1c(I)cc(I)cc1I. The van der Waals surface area contributed by atoms with E-state index in [1.54, 1.807) is 0 Å². The summed E-state index contributed by atoms with van der Waals surface area (Å²) in [6.45, 7) is 0.569. The molecule has 0 aliphatic rings. The molecule has 1 nitrogen and oxygen atoms in total. The van der Waals surface area contributed by atoms with E-state index in [2.05, 4.69) is 79.9 Å². The zero-order valence-electron chi connectivity index (χ0n) is 7.64. The third kappa shape index (κ3) is 4.95. The number of hydrogen-bond donors (Lipinski definition) is 0. The molecule has 1 aromatic carbocycles. The lowest BCUT2D eigenvalue weighted by Crippen LogP contribution is -1.98. The van der Waals surface area contributed by atoms with Crippen molar-refractivity contribution in [3.05, 3.63) is 35.0 Å². The zero-order valence-corrected chi connectivity index (χ0v) is 14.9. The summed E-state index contributed by atoms with van der Waals surface area (Å²) in [4.78, 5) is 0. The Morgan fingerprint density at radius 2 is 1.73 bits per heavy atom. The Morgan fingerprint density at radius 1 is 1.13 bits per heavy atom. The van der Waals surface area contributed by atoms with Gasteiger partial charge in [-0.15, -0.1) is 11.6 Å². The standard InChI is InChI=1S/C10H8ClI3O/c11-3-1-2-4-15-10-8(13)5-7(12)6-9(10)14/h1-2,5-6H,3-4H2. The molecular weight excluding hydrogens is 552 g/mol. The van der Waals surface area contributed by atoms with Crippen LogP contribution in [0.5, 0.6) is 5.75 Å². The minimum atomic E-state index is 0.532. The van der Waals surface area contributed by atoms with Crippen molar-refractivity contribution in [2.45, 2.75) is 0 Å². The first kappa shape index (κ1) is 14.3. The van der Waals surface area contributed by atoms with Gasteiger partial charge < -0.3 is 4.74 Å². The van der Waals surface area contributed by atoms with Crippen molar-refractivity contribution in [1.29, 1.82) is 0 Å². The predicted octanol–water partition coefficient (Wildman–Crippen LogP) is 4.67. The molecule has 0 aliphatic carbocycles. The van der Waals surface area contributed by atoms with Crippen LogP contribution in [0.3, 0.4) is 0 Å². The van der Waals surface area contributed by atoms with Gasteiger partial charge in [-0.1, -0.05) is 12.2 Å². The second kappa shape index (κ2) is 7.54. The van der Waals surface area contributed by atoms with Crippen LogP contribution in [0.2, 0.25) is 0 Å². The van der Waals surface area contributed by atoms with Crippen LogP contribution in [0.15, 0.2) is 24.3 Å². The van der Waals surface area contributed by atoms with Crippen molar-refractivity contribution >= 4 is 79.4 Å². The molecule has 0 saturated carbocycles. The van der Waals surface area contributed by atoms with E-state index < -0.39 is 0 Å². The normalized spacial score (nSPS) is 10.9. The van der Waals surface area contributed by atoms with Gasteiger partial charge in [0.1, 0.15) is 12.4 Å². The quantitative estimate of drug-likeness (QED) is 0.296. The van der Waals surface area contributed by atoms with Gasteiger partial charge in [0.2, 0.25) is 0 Å². The number of halogens is 4. The molecule has 0 aromatic heterocycles. The van der Waals surface area contributed by atoms with Gasteiger partial charge in [-0.3, -0.25) is 0 Å². The Bertz CT molecular complexity index is 343. The third-order valence-corrected chi connectivity index (χ3v) is 3.95. The monoisotopic (exact) mass is 560 g/mol. The molecule has 1 aromatic rings. The summed E-state index contributed by atoms with van der Waals surface area (Å²) >= 11 is 12.4. The Balaban J connectivity index is 2.72. The molecule has 0 fully saturated rings. The Kier molecular flexibility index (Phi) is 7.19. The van der Waals surface area contributed by atoms with E-state index in [0.29, 0.717) is 12.5 Å². The Morgan fingerprint density at radius 3 is 2.27 bits per heavy atom. The van der Waals surface area contributed by atoms with Gasteiger partial charge in [-0.25, -0.2) is 0 Å². The Labute approximate surface area is 135 Å². The number of alkyl halides is 1. The number of ether oxygens (including phenoxy) is 1. The highest BCUT2D eigenvalue weighted by Crippen LogP contribution is 2.29. The number of benzene rings is 1. The van der Waals surface area contributed by atoms with E-state index in [1.165, 1.54) is 3.57 Å². The number of allylic oxidation sites excluding steroid dienone is 1. The van der Waals surface area contributed by atoms with Crippen molar-refractivity contribution in [1.82, 2.24) is 0 Å². The fraction of sp³-hybridized carbons (Fsp3) is 0.200. The van der Waals surface area contributed by atoms with Gasteiger partial charge in [0, 0.05) is 9.45 Å². The van der Waals surface area contributed by atoms with Crippen LogP contribution in [-0.2, 0) is 0 Å². The van der Waals surface area contributed by atoms with E-state index in [4.69, 9.17) is 16.3 Å². The molecule has 0 heterocycles. The second-order valence-corrected chi connectivity index (χ2v) is 6.51. The smallest absolute Gasteiger partial charge is 0.146 e. The van der Waals surface area contributed by atoms with Crippen LogP contribution in [0.4, 0.5) is 0 Å². The summed E-state index contributed by atoms with van der Waals surface area (Å²) in [7, 11) is 0. The molecule has 0 N–H and O–H groups in total. The summed E-state index contributed by atoms with van der Waals surface area (Å²) in [5.41, 5.74) is 0. The summed E-state index contributed by atoms with van der Waals surface area (Å²) in [6.07, 6.45) is 3.81. The molecule has 5 heteroatoms. The molecule has 1 rings (SSSR count). The van der Waals surface area contributed by atoms with Crippen molar-refractivity contribution in [3.63, 3.8) is 0 Å². The first-order valence-electron chi connectivity index (χ1n) is 4.13. The number of hydrogen-bond acceptors (Lipinski definition) is 1. The van der Waals surface area contributed by atoms with Crippen LogP contribution in [0.25, 0.3) is 0 Å². The maximum Gasteiger partial charge on any atom is 0.146 e. The van der Waals surface area contributed by atoms with Gasteiger partial charge in [0.05, 0.1) is 7.14 Å². The van der Waals surface area contributed by atoms with Crippen molar-refractivity contribution in [2.24, 2.45) is 0 Å². The lowest BCUT2D eigenvalue weighted by atomic mass is 10.3. The van der Waals surface area contributed by atoms with Crippen molar-refractivity contribution < 1.29 is 4.74 Å². The predicted molar refractivity (Wildman–Crippen MR) is 89.9 cm³/mol.